The van der Waals surface area contributed by atoms with E-state index in [9.17, 15) is 18.0 Å². The molecule has 2 N–H and O–H groups in total. The molecule has 2 aromatic rings. The number of hydrogen-bond acceptors (Lipinski definition) is 3. The Morgan fingerprint density at radius 3 is 2.04 bits per heavy atom. The second-order valence-corrected chi connectivity index (χ2v) is 4.90. The molecule has 2 rings (SSSR count). The summed E-state index contributed by atoms with van der Waals surface area (Å²) in [5.74, 6) is 1.25. The number of hydrogen-bond donors (Lipinski definition) is 2. The zero-order chi connectivity index (χ0) is 18.3. The highest BCUT2D eigenvalue weighted by atomic mass is 19.4. The summed E-state index contributed by atoms with van der Waals surface area (Å²) in [6.07, 6.45) is -4.41. The van der Waals surface area contributed by atoms with Gasteiger partial charge in [-0.05, 0) is 55.5 Å². The average molecular weight is 354 g/mol. The van der Waals surface area contributed by atoms with E-state index >= 15 is 0 Å². The second-order valence-electron chi connectivity index (χ2n) is 4.90. The summed E-state index contributed by atoms with van der Waals surface area (Å²) in [6.45, 7) is 2.34. The first-order valence-electron chi connectivity index (χ1n) is 7.46. The van der Waals surface area contributed by atoms with Crippen LogP contribution in [0.2, 0.25) is 0 Å². The molecule has 0 saturated carbocycles. The first-order chi connectivity index (χ1) is 11.9. The van der Waals surface area contributed by atoms with E-state index in [4.69, 9.17) is 9.47 Å². The molecule has 2 aromatic carbocycles. The van der Waals surface area contributed by atoms with Crippen molar-refractivity contribution in [3.05, 3.63) is 54.1 Å². The number of rotatable bonds is 6. The maximum Gasteiger partial charge on any atom is 0.416 e. The highest BCUT2D eigenvalue weighted by Crippen LogP contribution is 2.29. The highest BCUT2D eigenvalue weighted by molar-refractivity contribution is 5.89. The topological polar surface area (TPSA) is 59.6 Å². The van der Waals surface area contributed by atoms with Crippen LogP contribution in [0, 0.1) is 0 Å². The predicted molar refractivity (Wildman–Crippen MR) is 86.7 cm³/mol. The van der Waals surface area contributed by atoms with Crippen molar-refractivity contribution in [3.63, 3.8) is 0 Å². The Kier molecular flexibility index (Phi) is 6.10. The van der Waals surface area contributed by atoms with Gasteiger partial charge in [-0.2, -0.15) is 13.2 Å². The molecule has 0 fully saturated rings. The van der Waals surface area contributed by atoms with Crippen LogP contribution in [0.25, 0.3) is 0 Å². The van der Waals surface area contributed by atoms with Crippen molar-refractivity contribution in [1.29, 1.82) is 0 Å². The minimum Gasteiger partial charge on any atom is -0.494 e. The van der Waals surface area contributed by atoms with E-state index in [2.05, 4.69) is 10.6 Å². The first-order valence-corrected chi connectivity index (χ1v) is 7.46. The van der Waals surface area contributed by atoms with E-state index < -0.39 is 17.8 Å². The number of nitrogens with one attached hydrogen (secondary N) is 2. The summed E-state index contributed by atoms with van der Waals surface area (Å²) in [6, 6.07) is 10.4. The van der Waals surface area contributed by atoms with Crippen LogP contribution in [-0.2, 0) is 6.18 Å². The molecule has 0 saturated heterocycles. The van der Waals surface area contributed by atoms with Gasteiger partial charge in [-0.15, -0.1) is 0 Å². The van der Waals surface area contributed by atoms with Crippen molar-refractivity contribution in [3.8, 4) is 11.5 Å². The van der Waals surface area contributed by atoms with E-state index in [1.54, 1.807) is 24.3 Å². The van der Waals surface area contributed by atoms with Crippen LogP contribution < -0.4 is 20.1 Å². The van der Waals surface area contributed by atoms with Crippen LogP contribution >= 0.6 is 0 Å². The molecule has 0 heterocycles. The minimum atomic E-state index is -4.41. The lowest BCUT2D eigenvalue weighted by molar-refractivity contribution is -0.137. The molecule has 8 heteroatoms. The van der Waals surface area contributed by atoms with Crippen molar-refractivity contribution < 1.29 is 27.4 Å². The Balaban J connectivity index is 1.77. The van der Waals surface area contributed by atoms with Gasteiger partial charge in [0, 0.05) is 5.69 Å². The van der Waals surface area contributed by atoms with Gasteiger partial charge in [-0.1, -0.05) is 0 Å². The molecular weight excluding hydrogens is 337 g/mol. The number of carbonyl (C=O) groups is 1. The summed E-state index contributed by atoms with van der Waals surface area (Å²) in [4.78, 5) is 11.7. The molecule has 25 heavy (non-hydrogen) atoms. The molecule has 2 amide bonds. The molecule has 0 aromatic heterocycles. The van der Waals surface area contributed by atoms with E-state index in [1.165, 1.54) is 12.1 Å². The van der Waals surface area contributed by atoms with Crippen LogP contribution in [0.3, 0.4) is 0 Å². The third-order valence-electron chi connectivity index (χ3n) is 3.08. The number of anilines is 1. The number of carbonyl (C=O) groups excluding carboxylic acids is 1. The Morgan fingerprint density at radius 2 is 1.52 bits per heavy atom. The summed E-state index contributed by atoms with van der Waals surface area (Å²) in [7, 11) is 0. The number of halogens is 3. The van der Waals surface area contributed by atoms with E-state index in [0.717, 1.165) is 12.1 Å². The van der Waals surface area contributed by atoms with Crippen LogP contribution in [0.4, 0.5) is 23.7 Å². The van der Waals surface area contributed by atoms with Crippen molar-refractivity contribution in [2.75, 3.05) is 18.7 Å². The van der Waals surface area contributed by atoms with Crippen molar-refractivity contribution in [1.82, 2.24) is 5.32 Å². The first kappa shape index (κ1) is 18.4. The summed E-state index contributed by atoms with van der Waals surface area (Å²) >= 11 is 0. The number of alkyl halides is 3. The molecule has 0 radical (unpaired) electrons. The standard InChI is InChI=1S/C17H17F3N2O3/c1-2-24-14-7-9-15(10-8-14)25-11-21-16(23)22-13-5-3-12(4-6-13)17(18,19)20/h3-10H,2,11H2,1H3,(H2,21,22,23). The summed E-state index contributed by atoms with van der Waals surface area (Å²) in [5, 5.41) is 4.85. The summed E-state index contributed by atoms with van der Waals surface area (Å²) in [5.41, 5.74) is -0.538. The van der Waals surface area contributed by atoms with Crippen molar-refractivity contribution >= 4 is 11.7 Å². The van der Waals surface area contributed by atoms with Gasteiger partial charge < -0.3 is 20.1 Å². The van der Waals surface area contributed by atoms with Gasteiger partial charge in [-0.3, -0.25) is 0 Å². The Hall–Kier alpha value is -2.90. The lowest BCUT2D eigenvalue weighted by atomic mass is 10.2. The molecule has 5 nitrogen and oxygen atoms in total. The predicted octanol–water partition coefficient (Wildman–Crippen LogP) is 4.26. The molecule has 0 atom stereocenters. The smallest absolute Gasteiger partial charge is 0.416 e. The molecule has 0 aliphatic heterocycles. The van der Waals surface area contributed by atoms with Crippen LogP contribution in [0.5, 0.6) is 11.5 Å². The molecule has 0 spiro atoms. The monoisotopic (exact) mass is 354 g/mol. The van der Waals surface area contributed by atoms with Crippen molar-refractivity contribution in [2.45, 2.75) is 13.1 Å². The maximum absolute atomic E-state index is 12.5. The Bertz CT molecular complexity index is 686. The zero-order valence-corrected chi connectivity index (χ0v) is 13.4. The van der Waals surface area contributed by atoms with Gasteiger partial charge in [-0.25, -0.2) is 4.79 Å². The second kappa shape index (κ2) is 8.27. The number of amides is 2. The molecule has 0 unspecified atom stereocenters. The van der Waals surface area contributed by atoms with E-state index in [-0.39, 0.29) is 12.4 Å². The molecule has 0 bridgehead atoms. The quantitative estimate of drug-likeness (QED) is 0.762. The van der Waals surface area contributed by atoms with Gasteiger partial charge in [0.1, 0.15) is 11.5 Å². The fraction of sp³-hybridized carbons (Fsp3) is 0.235. The van der Waals surface area contributed by atoms with Gasteiger partial charge in [0.2, 0.25) is 0 Å². The molecule has 0 aliphatic rings. The van der Waals surface area contributed by atoms with Crippen molar-refractivity contribution in [2.24, 2.45) is 0 Å². The fourth-order valence-corrected chi connectivity index (χ4v) is 1.90. The number of ether oxygens (including phenoxy) is 2. The maximum atomic E-state index is 12.5. The average Bonchev–Trinajstić information content (AvgIpc) is 2.56. The van der Waals surface area contributed by atoms with E-state index in [1.807, 2.05) is 6.92 Å². The molecule has 0 aliphatic carbocycles. The van der Waals surface area contributed by atoms with Crippen LogP contribution in [0.15, 0.2) is 48.5 Å². The van der Waals surface area contributed by atoms with Gasteiger partial charge in [0.25, 0.3) is 0 Å². The van der Waals surface area contributed by atoms with Gasteiger partial charge in [0.15, 0.2) is 6.73 Å². The Morgan fingerprint density at radius 1 is 0.960 bits per heavy atom. The van der Waals surface area contributed by atoms with E-state index in [0.29, 0.717) is 18.1 Å². The minimum absolute atomic E-state index is 0.0968. The normalized spacial score (nSPS) is 10.9. The zero-order valence-electron chi connectivity index (χ0n) is 13.4. The number of urea groups is 1. The third-order valence-corrected chi connectivity index (χ3v) is 3.08. The lowest BCUT2D eigenvalue weighted by Gasteiger charge is -2.11. The summed E-state index contributed by atoms with van der Waals surface area (Å²) < 4.78 is 48.0. The highest BCUT2D eigenvalue weighted by Gasteiger charge is 2.29. The SMILES string of the molecule is CCOc1ccc(OCNC(=O)Nc2ccc(C(F)(F)F)cc2)cc1. The molecule has 134 valence electrons. The largest absolute Gasteiger partial charge is 0.494 e. The Labute approximate surface area is 142 Å². The lowest BCUT2D eigenvalue weighted by Crippen LogP contribution is -2.32. The van der Waals surface area contributed by atoms with Gasteiger partial charge in [0.05, 0.1) is 12.2 Å². The third kappa shape index (κ3) is 5.91. The van der Waals surface area contributed by atoms with Crippen LogP contribution in [0.1, 0.15) is 12.5 Å². The number of benzene rings is 2. The molecular formula is C17H17F3N2O3. The van der Waals surface area contributed by atoms with Gasteiger partial charge >= 0.3 is 12.2 Å². The fourth-order valence-electron chi connectivity index (χ4n) is 1.90. The van der Waals surface area contributed by atoms with Crippen LogP contribution in [-0.4, -0.2) is 19.4 Å².